The normalized spacial score (nSPS) is 17.0. The van der Waals surface area contributed by atoms with Crippen molar-refractivity contribution in [2.24, 2.45) is 5.92 Å². The second-order valence-electron chi connectivity index (χ2n) is 7.23. The fourth-order valence-corrected chi connectivity index (χ4v) is 4.18. The number of sulfonamides is 1. The first-order valence-corrected chi connectivity index (χ1v) is 10.9. The molecule has 0 spiro atoms. The van der Waals surface area contributed by atoms with Gasteiger partial charge in [-0.1, -0.05) is 25.1 Å². The number of hydrogen-bond acceptors (Lipinski definition) is 4. The third-order valence-electron chi connectivity index (χ3n) is 5.03. The number of amides is 2. The SMILES string of the molecule is CCc1ccc(N2CC(C(=O)Nc3cccc(S(=O)(=O)N(C)C)c3)CC2=O)cc1. The summed E-state index contributed by atoms with van der Waals surface area (Å²) in [6.07, 6.45) is 1.04. The lowest BCUT2D eigenvalue weighted by molar-refractivity contribution is -0.122. The Morgan fingerprint density at radius 1 is 1.17 bits per heavy atom. The number of hydrogen-bond donors (Lipinski definition) is 1. The summed E-state index contributed by atoms with van der Waals surface area (Å²) in [7, 11) is -0.692. The van der Waals surface area contributed by atoms with Crippen molar-refractivity contribution in [2.45, 2.75) is 24.7 Å². The van der Waals surface area contributed by atoms with Gasteiger partial charge >= 0.3 is 0 Å². The van der Waals surface area contributed by atoms with Gasteiger partial charge in [0.25, 0.3) is 0 Å². The van der Waals surface area contributed by atoms with Gasteiger partial charge < -0.3 is 10.2 Å². The van der Waals surface area contributed by atoms with E-state index in [9.17, 15) is 18.0 Å². The molecule has 7 nitrogen and oxygen atoms in total. The summed E-state index contributed by atoms with van der Waals surface area (Å²) < 4.78 is 25.7. The fraction of sp³-hybridized carbons (Fsp3) is 0.333. The van der Waals surface area contributed by atoms with Crippen LogP contribution in [0.5, 0.6) is 0 Å². The number of nitrogens with zero attached hydrogens (tertiary/aromatic N) is 2. The maximum absolute atomic E-state index is 12.7. The Balaban J connectivity index is 1.71. The van der Waals surface area contributed by atoms with E-state index in [1.54, 1.807) is 17.0 Å². The molecule has 0 radical (unpaired) electrons. The lowest BCUT2D eigenvalue weighted by Gasteiger charge is -2.17. The summed E-state index contributed by atoms with van der Waals surface area (Å²) in [6.45, 7) is 2.36. The molecule has 2 amide bonds. The molecule has 0 aliphatic carbocycles. The monoisotopic (exact) mass is 415 g/mol. The van der Waals surface area contributed by atoms with Crippen LogP contribution in [0, 0.1) is 5.92 Å². The smallest absolute Gasteiger partial charge is 0.242 e. The summed E-state index contributed by atoms with van der Waals surface area (Å²) >= 11 is 0. The first-order valence-electron chi connectivity index (χ1n) is 9.45. The van der Waals surface area contributed by atoms with E-state index in [0.29, 0.717) is 12.2 Å². The summed E-state index contributed by atoms with van der Waals surface area (Å²) in [5.41, 5.74) is 2.35. The van der Waals surface area contributed by atoms with Crippen LogP contribution in [-0.2, 0) is 26.0 Å². The number of carbonyl (C=O) groups is 2. The molecule has 2 aromatic rings. The molecule has 2 aromatic carbocycles. The first kappa shape index (κ1) is 21.0. The van der Waals surface area contributed by atoms with E-state index < -0.39 is 15.9 Å². The molecule has 0 aromatic heterocycles. The Morgan fingerprint density at radius 3 is 2.48 bits per heavy atom. The van der Waals surface area contributed by atoms with Gasteiger partial charge in [0.1, 0.15) is 0 Å². The van der Waals surface area contributed by atoms with Crippen molar-refractivity contribution >= 4 is 33.2 Å². The average molecular weight is 416 g/mol. The Labute approximate surface area is 171 Å². The second kappa shape index (κ2) is 8.34. The molecule has 1 unspecified atom stereocenters. The van der Waals surface area contributed by atoms with E-state index in [4.69, 9.17) is 0 Å². The van der Waals surface area contributed by atoms with E-state index >= 15 is 0 Å². The molecule has 3 rings (SSSR count). The van der Waals surface area contributed by atoms with Crippen molar-refractivity contribution in [3.63, 3.8) is 0 Å². The maximum Gasteiger partial charge on any atom is 0.242 e. The highest BCUT2D eigenvalue weighted by atomic mass is 32.2. The zero-order chi connectivity index (χ0) is 21.2. The Hall–Kier alpha value is -2.71. The molecule has 1 aliphatic heterocycles. The van der Waals surface area contributed by atoms with Crippen LogP contribution < -0.4 is 10.2 Å². The third kappa shape index (κ3) is 4.49. The molecule has 29 heavy (non-hydrogen) atoms. The van der Waals surface area contributed by atoms with Gasteiger partial charge in [-0.2, -0.15) is 0 Å². The zero-order valence-electron chi connectivity index (χ0n) is 16.8. The molecule has 1 fully saturated rings. The number of aryl methyl sites for hydroxylation is 1. The molecular formula is C21H25N3O4S. The third-order valence-corrected chi connectivity index (χ3v) is 6.84. The van der Waals surface area contributed by atoms with Crippen LogP contribution in [-0.4, -0.2) is 45.2 Å². The van der Waals surface area contributed by atoms with Gasteiger partial charge in [0.2, 0.25) is 21.8 Å². The van der Waals surface area contributed by atoms with Crippen LogP contribution in [0.15, 0.2) is 53.4 Å². The minimum atomic E-state index is -3.59. The number of nitrogens with one attached hydrogen (secondary N) is 1. The van der Waals surface area contributed by atoms with E-state index in [0.717, 1.165) is 16.4 Å². The van der Waals surface area contributed by atoms with E-state index in [1.807, 2.05) is 24.3 Å². The molecule has 1 atom stereocenters. The van der Waals surface area contributed by atoms with Crippen molar-refractivity contribution in [1.82, 2.24) is 4.31 Å². The maximum atomic E-state index is 12.7. The van der Waals surface area contributed by atoms with Crippen LogP contribution in [0.25, 0.3) is 0 Å². The van der Waals surface area contributed by atoms with Crippen LogP contribution >= 0.6 is 0 Å². The molecule has 1 aliphatic rings. The van der Waals surface area contributed by atoms with Gasteiger partial charge in [0, 0.05) is 38.4 Å². The summed E-state index contributed by atoms with van der Waals surface area (Å²) in [4.78, 5) is 26.8. The minimum Gasteiger partial charge on any atom is -0.326 e. The Kier molecular flexibility index (Phi) is 6.04. The molecule has 0 saturated carbocycles. The summed E-state index contributed by atoms with van der Waals surface area (Å²) in [6, 6.07) is 13.9. The van der Waals surface area contributed by atoms with Crippen LogP contribution in [0.1, 0.15) is 18.9 Å². The standard InChI is InChI=1S/C21H25N3O4S/c1-4-15-8-10-18(11-9-15)24-14-16(12-20(24)25)21(26)22-17-6-5-7-19(13-17)29(27,28)23(2)3/h5-11,13,16H,4,12,14H2,1-3H3,(H,22,26). The van der Waals surface area contributed by atoms with Gasteiger partial charge in [-0.05, 0) is 42.3 Å². The van der Waals surface area contributed by atoms with Gasteiger partial charge in [-0.25, -0.2) is 12.7 Å². The van der Waals surface area contributed by atoms with Gasteiger partial charge in [0.05, 0.1) is 10.8 Å². The Morgan fingerprint density at radius 2 is 1.86 bits per heavy atom. The van der Waals surface area contributed by atoms with E-state index in [-0.39, 0.29) is 23.1 Å². The van der Waals surface area contributed by atoms with Crippen molar-refractivity contribution in [3.8, 4) is 0 Å². The second-order valence-corrected chi connectivity index (χ2v) is 9.38. The molecule has 1 saturated heterocycles. The first-order chi connectivity index (χ1) is 13.7. The minimum absolute atomic E-state index is 0.0976. The number of carbonyl (C=O) groups excluding carboxylic acids is 2. The summed E-state index contributed by atoms with van der Waals surface area (Å²) in [5.74, 6) is -0.897. The van der Waals surface area contributed by atoms with E-state index in [2.05, 4.69) is 12.2 Å². The lowest BCUT2D eigenvalue weighted by Crippen LogP contribution is -2.28. The molecule has 8 heteroatoms. The predicted molar refractivity (Wildman–Crippen MR) is 112 cm³/mol. The zero-order valence-corrected chi connectivity index (χ0v) is 17.6. The predicted octanol–water partition coefficient (Wildman–Crippen LogP) is 2.49. The highest BCUT2D eigenvalue weighted by molar-refractivity contribution is 7.89. The highest BCUT2D eigenvalue weighted by Gasteiger charge is 2.35. The van der Waals surface area contributed by atoms with Crippen molar-refractivity contribution in [3.05, 3.63) is 54.1 Å². The molecule has 0 bridgehead atoms. The van der Waals surface area contributed by atoms with Crippen LogP contribution in [0.2, 0.25) is 0 Å². The van der Waals surface area contributed by atoms with Crippen molar-refractivity contribution < 1.29 is 18.0 Å². The number of anilines is 2. The van der Waals surface area contributed by atoms with Crippen molar-refractivity contribution in [1.29, 1.82) is 0 Å². The molecule has 154 valence electrons. The topological polar surface area (TPSA) is 86.8 Å². The lowest BCUT2D eigenvalue weighted by atomic mass is 10.1. The highest BCUT2D eigenvalue weighted by Crippen LogP contribution is 2.27. The largest absolute Gasteiger partial charge is 0.326 e. The van der Waals surface area contributed by atoms with Crippen molar-refractivity contribution in [2.75, 3.05) is 30.9 Å². The van der Waals surface area contributed by atoms with E-state index in [1.165, 1.54) is 31.8 Å². The average Bonchev–Trinajstić information content (AvgIpc) is 3.10. The van der Waals surface area contributed by atoms with Crippen LogP contribution in [0.3, 0.4) is 0 Å². The molecular weight excluding hydrogens is 390 g/mol. The van der Waals surface area contributed by atoms with Gasteiger partial charge in [-0.15, -0.1) is 0 Å². The van der Waals surface area contributed by atoms with Gasteiger partial charge in [-0.3, -0.25) is 9.59 Å². The number of rotatable bonds is 6. The Bertz CT molecular complexity index is 1020. The fourth-order valence-electron chi connectivity index (χ4n) is 3.23. The summed E-state index contributed by atoms with van der Waals surface area (Å²) in [5, 5.41) is 2.75. The quantitative estimate of drug-likeness (QED) is 0.785. The van der Waals surface area contributed by atoms with Gasteiger partial charge in [0.15, 0.2) is 0 Å². The number of benzene rings is 2. The molecule has 1 N–H and O–H groups in total. The molecule has 1 heterocycles. The van der Waals surface area contributed by atoms with Crippen LogP contribution in [0.4, 0.5) is 11.4 Å².